The Hall–Kier alpha value is -3.17. The first-order chi connectivity index (χ1) is 13.1. The van der Waals surface area contributed by atoms with Gasteiger partial charge in [0.05, 0.1) is 12.8 Å². The number of hydrogen-bond acceptors (Lipinski definition) is 4. The number of nitrogens with zero attached hydrogens (tertiary/aromatic N) is 3. The summed E-state index contributed by atoms with van der Waals surface area (Å²) >= 11 is 0. The third-order valence-corrected chi connectivity index (χ3v) is 4.19. The summed E-state index contributed by atoms with van der Waals surface area (Å²) in [6, 6.07) is 3.87. The van der Waals surface area contributed by atoms with Crippen LogP contribution >= 0.6 is 0 Å². The molecule has 1 N–H and O–H groups in total. The summed E-state index contributed by atoms with van der Waals surface area (Å²) in [7, 11) is 1.31. The van der Waals surface area contributed by atoms with Crippen LogP contribution in [0.1, 0.15) is 23.1 Å². The molecule has 0 fully saturated rings. The van der Waals surface area contributed by atoms with E-state index in [2.05, 4.69) is 9.97 Å². The minimum atomic E-state index is -4.59. The van der Waals surface area contributed by atoms with E-state index in [-0.39, 0.29) is 17.1 Å². The molecule has 1 aromatic carbocycles. The van der Waals surface area contributed by atoms with Crippen molar-refractivity contribution in [2.45, 2.75) is 26.1 Å². The average Bonchev–Trinajstić information content (AvgIpc) is 3.05. The summed E-state index contributed by atoms with van der Waals surface area (Å²) in [5.74, 6) is -1.64. The first-order valence-corrected chi connectivity index (χ1v) is 8.18. The Bertz CT molecular complexity index is 1050. The standard InChI is InChI=1S/C18H16F4N4O2/c1-9-7-13(11-5-4-6-12(19)15(11)28-3)25-16-14(23-8-26(9)16)17(27)24-10(2)18(20,21)22/h4-8,10H,1-3H3,(H,24,27). The lowest BCUT2D eigenvalue weighted by molar-refractivity contribution is -0.149. The van der Waals surface area contributed by atoms with Gasteiger partial charge in [-0.25, -0.2) is 14.4 Å². The largest absolute Gasteiger partial charge is 0.493 e. The topological polar surface area (TPSA) is 68.5 Å². The molecule has 6 nitrogen and oxygen atoms in total. The van der Waals surface area contributed by atoms with Gasteiger partial charge in [-0.3, -0.25) is 9.20 Å². The zero-order chi connectivity index (χ0) is 20.6. The lowest BCUT2D eigenvalue weighted by atomic mass is 10.1. The molecule has 1 amide bonds. The Balaban J connectivity index is 2.10. The summed E-state index contributed by atoms with van der Waals surface area (Å²) in [6.07, 6.45) is -3.30. The predicted octanol–water partition coefficient (Wildman–Crippen LogP) is 3.53. The molecule has 0 aliphatic heterocycles. The molecule has 1 atom stereocenters. The molecule has 0 aliphatic carbocycles. The number of benzene rings is 1. The predicted molar refractivity (Wildman–Crippen MR) is 92.7 cm³/mol. The van der Waals surface area contributed by atoms with E-state index in [1.165, 1.54) is 30.0 Å². The first-order valence-electron chi connectivity index (χ1n) is 8.18. The fraction of sp³-hybridized carbons (Fsp3) is 0.278. The highest BCUT2D eigenvalue weighted by molar-refractivity contribution is 5.98. The molecule has 1 unspecified atom stereocenters. The normalized spacial score (nSPS) is 12.8. The Labute approximate surface area is 157 Å². The summed E-state index contributed by atoms with van der Waals surface area (Å²) in [5.41, 5.74) is 1.01. The van der Waals surface area contributed by atoms with Crippen molar-refractivity contribution in [1.82, 2.24) is 19.7 Å². The van der Waals surface area contributed by atoms with Gasteiger partial charge in [-0.15, -0.1) is 0 Å². The van der Waals surface area contributed by atoms with E-state index in [4.69, 9.17) is 4.74 Å². The van der Waals surface area contributed by atoms with Gasteiger partial charge in [-0.05, 0) is 32.0 Å². The Kier molecular flexibility index (Phi) is 4.97. The molecule has 3 aromatic rings. The van der Waals surface area contributed by atoms with E-state index >= 15 is 0 Å². The first kappa shape index (κ1) is 19.6. The van der Waals surface area contributed by atoms with Crippen molar-refractivity contribution >= 4 is 11.6 Å². The van der Waals surface area contributed by atoms with Crippen LogP contribution in [0.15, 0.2) is 30.6 Å². The number of aromatic nitrogens is 3. The molecular formula is C18H16F4N4O2. The molecule has 0 radical (unpaired) electrons. The number of fused-ring (bicyclic) bond motifs is 1. The highest BCUT2D eigenvalue weighted by Crippen LogP contribution is 2.32. The number of imidazole rings is 1. The number of carbonyl (C=O) groups excluding carboxylic acids is 1. The Morgan fingerprint density at radius 2 is 2.04 bits per heavy atom. The van der Waals surface area contributed by atoms with Gasteiger partial charge in [0.15, 0.2) is 22.9 Å². The summed E-state index contributed by atoms with van der Waals surface area (Å²) in [6.45, 7) is 2.53. The van der Waals surface area contributed by atoms with Crippen LogP contribution in [-0.2, 0) is 0 Å². The third-order valence-electron chi connectivity index (χ3n) is 4.19. The molecule has 148 valence electrons. The second kappa shape index (κ2) is 7.10. The molecule has 28 heavy (non-hydrogen) atoms. The van der Waals surface area contributed by atoms with Gasteiger partial charge in [0.25, 0.3) is 5.91 Å². The van der Waals surface area contributed by atoms with E-state index in [0.29, 0.717) is 17.0 Å². The van der Waals surface area contributed by atoms with E-state index in [1.807, 2.05) is 5.32 Å². The van der Waals surface area contributed by atoms with Gasteiger partial charge in [-0.2, -0.15) is 13.2 Å². The van der Waals surface area contributed by atoms with Gasteiger partial charge >= 0.3 is 6.18 Å². The fourth-order valence-corrected chi connectivity index (χ4v) is 2.68. The number of amides is 1. The van der Waals surface area contributed by atoms with Gasteiger partial charge in [0.2, 0.25) is 0 Å². The SMILES string of the molecule is COc1c(F)cccc1-c1cc(C)n2cnc(C(=O)NC(C)C(F)(F)F)c2n1. The minimum absolute atomic E-state index is 0.0324. The van der Waals surface area contributed by atoms with E-state index in [1.54, 1.807) is 19.1 Å². The van der Waals surface area contributed by atoms with Gasteiger partial charge < -0.3 is 10.1 Å². The summed E-state index contributed by atoms with van der Waals surface area (Å²) < 4.78 is 58.8. The number of alkyl halides is 3. The van der Waals surface area contributed by atoms with Crippen LogP contribution in [0.25, 0.3) is 16.9 Å². The number of ether oxygens (including phenoxy) is 1. The number of para-hydroxylation sites is 1. The van der Waals surface area contributed by atoms with Crippen molar-refractivity contribution in [1.29, 1.82) is 0 Å². The number of methoxy groups -OCH3 is 1. The van der Waals surface area contributed by atoms with Crippen LogP contribution in [-0.4, -0.2) is 39.6 Å². The second-order valence-electron chi connectivity index (χ2n) is 6.13. The second-order valence-corrected chi connectivity index (χ2v) is 6.13. The minimum Gasteiger partial charge on any atom is -0.493 e. The van der Waals surface area contributed by atoms with Crippen molar-refractivity contribution in [3.05, 3.63) is 47.8 Å². The van der Waals surface area contributed by atoms with Crippen LogP contribution in [0.3, 0.4) is 0 Å². The molecule has 2 aromatic heterocycles. The van der Waals surface area contributed by atoms with Gasteiger partial charge in [0, 0.05) is 11.3 Å². The van der Waals surface area contributed by atoms with E-state index in [0.717, 1.165) is 6.92 Å². The average molecular weight is 396 g/mol. The Morgan fingerprint density at radius 3 is 2.68 bits per heavy atom. The van der Waals surface area contributed by atoms with Gasteiger partial charge in [0.1, 0.15) is 12.4 Å². The molecule has 0 saturated carbocycles. The number of rotatable bonds is 4. The van der Waals surface area contributed by atoms with Crippen molar-refractivity contribution < 1.29 is 27.1 Å². The van der Waals surface area contributed by atoms with Crippen molar-refractivity contribution in [3.63, 3.8) is 0 Å². The Morgan fingerprint density at radius 1 is 1.32 bits per heavy atom. The maximum absolute atomic E-state index is 14.0. The van der Waals surface area contributed by atoms with E-state index < -0.39 is 23.9 Å². The van der Waals surface area contributed by atoms with E-state index in [9.17, 15) is 22.4 Å². The number of hydrogen-bond donors (Lipinski definition) is 1. The van der Waals surface area contributed by atoms with Crippen molar-refractivity contribution in [2.24, 2.45) is 0 Å². The van der Waals surface area contributed by atoms with Crippen LogP contribution < -0.4 is 10.1 Å². The van der Waals surface area contributed by atoms with Crippen LogP contribution in [0.5, 0.6) is 5.75 Å². The van der Waals surface area contributed by atoms with Gasteiger partial charge in [-0.1, -0.05) is 6.07 Å². The number of carbonyl (C=O) groups is 1. The molecule has 3 rings (SSSR count). The van der Waals surface area contributed by atoms with Crippen LogP contribution in [0.2, 0.25) is 0 Å². The highest BCUT2D eigenvalue weighted by Gasteiger charge is 2.37. The number of aryl methyl sites for hydroxylation is 1. The zero-order valence-corrected chi connectivity index (χ0v) is 15.1. The van der Waals surface area contributed by atoms with Crippen molar-refractivity contribution in [3.8, 4) is 17.0 Å². The fourth-order valence-electron chi connectivity index (χ4n) is 2.68. The highest BCUT2D eigenvalue weighted by atomic mass is 19.4. The lowest BCUT2D eigenvalue weighted by Crippen LogP contribution is -2.43. The summed E-state index contributed by atoms with van der Waals surface area (Å²) in [5, 5.41) is 1.86. The molecule has 0 spiro atoms. The zero-order valence-electron chi connectivity index (χ0n) is 15.1. The maximum Gasteiger partial charge on any atom is 0.408 e. The molecule has 0 aliphatic rings. The molecular weight excluding hydrogens is 380 g/mol. The third kappa shape index (κ3) is 3.49. The number of nitrogens with one attached hydrogen (secondary N) is 1. The van der Waals surface area contributed by atoms with Crippen LogP contribution in [0, 0.1) is 12.7 Å². The van der Waals surface area contributed by atoms with Crippen molar-refractivity contribution in [2.75, 3.05) is 7.11 Å². The lowest BCUT2D eigenvalue weighted by Gasteiger charge is -2.16. The maximum atomic E-state index is 14.0. The molecule has 2 heterocycles. The van der Waals surface area contributed by atoms with Crippen LogP contribution in [0.4, 0.5) is 17.6 Å². The molecule has 0 bridgehead atoms. The number of halogens is 4. The molecule has 10 heteroatoms. The smallest absolute Gasteiger partial charge is 0.408 e. The molecule has 0 saturated heterocycles. The monoisotopic (exact) mass is 396 g/mol. The quantitative estimate of drug-likeness (QED) is 0.685. The summed E-state index contributed by atoms with van der Waals surface area (Å²) in [4.78, 5) is 20.5.